The van der Waals surface area contributed by atoms with E-state index in [0.717, 1.165) is 25.9 Å². The highest BCUT2D eigenvalue weighted by molar-refractivity contribution is 4.90. The van der Waals surface area contributed by atoms with Gasteiger partial charge in [-0.25, -0.2) is 0 Å². The van der Waals surface area contributed by atoms with E-state index in [-0.39, 0.29) is 12.6 Å². The van der Waals surface area contributed by atoms with E-state index < -0.39 is 12.3 Å². The Kier molecular flexibility index (Phi) is 4.18. The first-order valence-electron chi connectivity index (χ1n) is 6.61. The number of nitrogens with zero attached hydrogens (tertiary/aromatic N) is 2. The Bertz CT molecular complexity index is 285. The minimum Gasteiger partial charge on any atom is -0.382 e. The number of piperidine rings is 1. The van der Waals surface area contributed by atoms with Crippen LogP contribution in [0.2, 0.25) is 0 Å². The molecular weight excluding hydrogens is 245 g/mol. The number of hydrogen-bond acceptors (Lipinski definition) is 3. The number of hydrogen-bond donors (Lipinski definition) is 1. The first-order chi connectivity index (χ1) is 8.38. The summed E-state index contributed by atoms with van der Waals surface area (Å²) < 4.78 is 37.1. The number of rotatable bonds is 2. The van der Waals surface area contributed by atoms with Crippen LogP contribution in [0.5, 0.6) is 0 Å². The average molecular weight is 266 g/mol. The summed E-state index contributed by atoms with van der Waals surface area (Å²) in [6.45, 7) is 4.16. The van der Waals surface area contributed by atoms with Crippen LogP contribution in [0.1, 0.15) is 26.2 Å². The van der Waals surface area contributed by atoms with Gasteiger partial charge in [0.2, 0.25) is 0 Å². The van der Waals surface area contributed by atoms with Crippen molar-refractivity contribution in [3.63, 3.8) is 0 Å². The maximum Gasteiger partial charge on any atom is 0.415 e. The monoisotopic (exact) mass is 266 g/mol. The molecule has 6 heteroatoms. The third-order valence-corrected chi connectivity index (χ3v) is 4.10. The van der Waals surface area contributed by atoms with Crippen molar-refractivity contribution in [1.29, 1.82) is 0 Å². The molecule has 0 amide bonds. The van der Waals surface area contributed by atoms with Gasteiger partial charge in [0.15, 0.2) is 6.10 Å². The Morgan fingerprint density at radius 3 is 2.67 bits per heavy atom. The van der Waals surface area contributed by atoms with Gasteiger partial charge in [-0.05, 0) is 26.3 Å². The van der Waals surface area contributed by atoms with Crippen molar-refractivity contribution in [2.24, 2.45) is 0 Å². The molecule has 2 rings (SSSR count). The van der Waals surface area contributed by atoms with E-state index in [1.54, 1.807) is 4.90 Å². The van der Waals surface area contributed by atoms with Crippen LogP contribution < -0.4 is 0 Å². The summed E-state index contributed by atoms with van der Waals surface area (Å²) in [5.74, 6) is 0. The summed E-state index contributed by atoms with van der Waals surface area (Å²) >= 11 is 0. The van der Waals surface area contributed by atoms with Gasteiger partial charge in [0.1, 0.15) is 0 Å². The van der Waals surface area contributed by atoms with Gasteiger partial charge in [-0.15, -0.1) is 0 Å². The molecule has 3 unspecified atom stereocenters. The zero-order valence-corrected chi connectivity index (χ0v) is 10.7. The van der Waals surface area contributed by atoms with Gasteiger partial charge in [-0.2, -0.15) is 13.2 Å². The fraction of sp³-hybridized carbons (Fsp3) is 1.00. The van der Waals surface area contributed by atoms with Crippen molar-refractivity contribution in [3.8, 4) is 0 Å². The molecule has 0 aromatic heterocycles. The molecule has 2 aliphatic rings. The quantitative estimate of drug-likeness (QED) is 0.820. The van der Waals surface area contributed by atoms with E-state index in [2.05, 4.69) is 4.90 Å². The highest BCUT2D eigenvalue weighted by Crippen LogP contribution is 2.26. The van der Waals surface area contributed by atoms with Crippen LogP contribution in [-0.2, 0) is 0 Å². The first-order valence-corrected chi connectivity index (χ1v) is 6.61. The molecule has 2 fully saturated rings. The van der Waals surface area contributed by atoms with Gasteiger partial charge in [0.05, 0.1) is 0 Å². The Morgan fingerprint density at radius 1 is 1.28 bits per heavy atom. The summed E-state index contributed by atoms with van der Waals surface area (Å²) in [5.41, 5.74) is 0. The number of halogens is 3. The zero-order valence-electron chi connectivity index (χ0n) is 10.7. The Balaban J connectivity index is 1.93. The standard InChI is InChI=1S/C12H21F3N2O/c1-9-6-16-5-3-2-4-10(16)7-17(9)8-11(18)12(13,14)15/h9-11,18H,2-8H2,1H3. The smallest absolute Gasteiger partial charge is 0.382 e. The molecule has 0 aliphatic carbocycles. The summed E-state index contributed by atoms with van der Waals surface area (Å²) in [7, 11) is 0. The lowest BCUT2D eigenvalue weighted by atomic mass is 9.97. The fourth-order valence-electron chi connectivity index (χ4n) is 2.99. The van der Waals surface area contributed by atoms with Crippen molar-refractivity contribution >= 4 is 0 Å². The summed E-state index contributed by atoms with van der Waals surface area (Å²) in [6.07, 6.45) is -3.33. The Hall–Kier alpha value is -0.330. The molecule has 2 saturated heterocycles. The predicted octanol–water partition coefficient (Wildman–Crippen LogP) is 1.47. The SMILES string of the molecule is CC1CN2CCCCC2CN1CC(O)C(F)(F)F. The minimum absolute atomic E-state index is 0.0800. The lowest BCUT2D eigenvalue weighted by molar-refractivity contribution is -0.211. The number of alkyl halides is 3. The van der Waals surface area contributed by atoms with Crippen molar-refractivity contribution < 1.29 is 18.3 Å². The summed E-state index contributed by atoms with van der Waals surface area (Å²) in [4.78, 5) is 4.16. The molecule has 0 aromatic carbocycles. The number of aliphatic hydroxyl groups excluding tert-OH is 1. The van der Waals surface area contributed by atoms with Gasteiger partial charge < -0.3 is 5.11 Å². The van der Waals surface area contributed by atoms with Crippen LogP contribution in [0.4, 0.5) is 13.2 Å². The predicted molar refractivity (Wildman–Crippen MR) is 62.3 cm³/mol. The normalized spacial score (nSPS) is 33.2. The number of fused-ring (bicyclic) bond motifs is 1. The molecule has 2 aliphatic heterocycles. The van der Waals surface area contributed by atoms with E-state index in [4.69, 9.17) is 0 Å². The van der Waals surface area contributed by atoms with E-state index in [1.165, 1.54) is 6.42 Å². The third-order valence-electron chi connectivity index (χ3n) is 4.10. The third kappa shape index (κ3) is 3.16. The van der Waals surface area contributed by atoms with Gasteiger partial charge in [-0.1, -0.05) is 6.42 Å². The van der Waals surface area contributed by atoms with Crippen LogP contribution >= 0.6 is 0 Å². The maximum absolute atomic E-state index is 12.4. The van der Waals surface area contributed by atoms with E-state index in [0.29, 0.717) is 12.6 Å². The highest BCUT2D eigenvalue weighted by atomic mass is 19.4. The van der Waals surface area contributed by atoms with Gasteiger partial charge >= 0.3 is 6.18 Å². The van der Waals surface area contributed by atoms with E-state index in [1.807, 2.05) is 6.92 Å². The molecule has 3 nitrogen and oxygen atoms in total. The molecule has 0 bridgehead atoms. The van der Waals surface area contributed by atoms with Crippen LogP contribution in [0, 0.1) is 0 Å². The zero-order chi connectivity index (χ0) is 13.3. The fourth-order valence-corrected chi connectivity index (χ4v) is 2.99. The van der Waals surface area contributed by atoms with Crippen LogP contribution in [0.3, 0.4) is 0 Å². The molecule has 0 saturated carbocycles. The first kappa shape index (κ1) is 14.1. The molecule has 106 valence electrons. The molecule has 0 spiro atoms. The second-order valence-corrected chi connectivity index (χ2v) is 5.50. The number of β-amino-alcohol motifs (C(OH)–C–C–N with tert-alkyl or cyclic N) is 1. The largest absolute Gasteiger partial charge is 0.415 e. The summed E-state index contributed by atoms with van der Waals surface area (Å²) in [6, 6.07) is 0.451. The highest BCUT2D eigenvalue weighted by Gasteiger charge is 2.41. The molecule has 2 heterocycles. The molecule has 3 atom stereocenters. The Labute approximate surface area is 106 Å². The molecule has 18 heavy (non-hydrogen) atoms. The minimum atomic E-state index is -4.51. The van der Waals surface area contributed by atoms with E-state index in [9.17, 15) is 18.3 Å². The maximum atomic E-state index is 12.4. The van der Waals surface area contributed by atoms with Crippen LogP contribution in [-0.4, -0.2) is 65.4 Å². The number of piperazine rings is 1. The van der Waals surface area contributed by atoms with Crippen molar-refractivity contribution in [1.82, 2.24) is 9.80 Å². The van der Waals surface area contributed by atoms with Gasteiger partial charge in [0.25, 0.3) is 0 Å². The van der Waals surface area contributed by atoms with Crippen molar-refractivity contribution in [2.75, 3.05) is 26.2 Å². The molecule has 0 radical (unpaired) electrons. The van der Waals surface area contributed by atoms with Crippen molar-refractivity contribution in [3.05, 3.63) is 0 Å². The lowest BCUT2D eigenvalue weighted by Crippen LogP contribution is -2.60. The second kappa shape index (κ2) is 5.35. The van der Waals surface area contributed by atoms with Crippen LogP contribution in [0.15, 0.2) is 0 Å². The van der Waals surface area contributed by atoms with Crippen molar-refractivity contribution in [2.45, 2.75) is 50.6 Å². The van der Waals surface area contributed by atoms with Gasteiger partial charge in [0, 0.05) is 31.7 Å². The van der Waals surface area contributed by atoms with E-state index >= 15 is 0 Å². The molecule has 1 N–H and O–H groups in total. The molecular formula is C12H21F3N2O. The topological polar surface area (TPSA) is 26.7 Å². The average Bonchev–Trinajstić information content (AvgIpc) is 2.28. The lowest BCUT2D eigenvalue weighted by Gasteiger charge is -2.48. The van der Waals surface area contributed by atoms with Crippen LogP contribution in [0.25, 0.3) is 0 Å². The van der Waals surface area contributed by atoms with Gasteiger partial charge in [-0.3, -0.25) is 9.80 Å². The second-order valence-electron chi connectivity index (χ2n) is 5.50. The Morgan fingerprint density at radius 2 is 2.00 bits per heavy atom. The molecule has 0 aromatic rings. The summed E-state index contributed by atoms with van der Waals surface area (Å²) in [5, 5.41) is 9.17. The number of aliphatic hydroxyl groups is 1.